The summed E-state index contributed by atoms with van der Waals surface area (Å²) in [4.78, 5) is 32.5. The van der Waals surface area contributed by atoms with E-state index in [2.05, 4.69) is 41.0 Å². The van der Waals surface area contributed by atoms with Gasteiger partial charge in [-0.1, -0.05) is 77.3 Å². The van der Waals surface area contributed by atoms with Crippen LogP contribution in [0.25, 0.3) is 0 Å². The molecule has 1 unspecified atom stereocenters. The topological polar surface area (TPSA) is 53.1 Å². The van der Waals surface area contributed by atoms with Gasteiger partial charge in [0.1, 0.15) is 12.2 Å². The molecule has 0 spiro atoms. The minimum Gasteiger partial charge on any atom is -0.359 e. The van der Waals surface area contributed by atoms with E-state index in [0.717, 1.165) is 56.7 Å². The molecule has 6 nitrogen and oxygen atoms in total. The summed E-state index contributed by atoms with van der Waals surface area (Å²) >= 11 is 12.8. The van der Waals surface area contributed by atoms with Crippen LogP contribution in [0.1, 0.15) is 48.8 Å². The van der Waals surface area contributed by atoms with Gasteiger partial charge in [-0.05, 0) is 68.0 Å². The Morgan fingerprint density at radius 3 is 2.31 bits per heavy atom. The molecule has 0 saturated carbocycles. The molecular formula is C34H37Cl2N3O3. The number of nitrogens with zero attached hydrogens (tertiary/aromatic N) is 3. The number of piperidine rings is 1. The Morgan fingerprint density at radius 1 is 0.833 bits per heavy atom. The fourth-order valence-corrected chi connectivity index (χ4v) is 7.29. The lowest BCUT2D eigenvalue weighted by atomic mass is 9.78. The lowest BCUT2D eigenvalue weighted by molar-refractivity contribution is -0.142. The van der Waals surface area contributed by atoms with E-state index in [9.17, 15) is 9.59 Å². The van der Waals surface area contributed by atoms with E-state index >= 15 is 0 Å². The maximum absolute atomic E-state index is 13.0. The quantitative estimate of drug-likeness (QED) is 0.306. The Hall–Kier alpha value is -2.90. The van der Waals surface area contributed by atoms with Crippen LogP contribution in [0.4, 0.5) is 5.69 Å². The second kappa shape index (κ2) is 12.0. The van der Waals surface area contributed by atoms with E-state index in [-0.39, 0.29) is 24.0 Å². The van der Waals surface area contributed by atoms with Gasteiger partial charge in [0.05, 0.1) is 22.1 Å². The molecule has 220 valence electrons. The Balaban J connectivity index is 1.24. The van der Waals surface area contributed by atoms with E-state index in [4.69, 9.17) is 27.9 Å². The summed E-state index contributed by atoms with van der Waals surface area (Å²) in [5.74, 6) is 0.206. The van der Waals surface area contributed by atoms with E-state index in [1.807, 2.05) is 47.4 Å². The fraction of sp³-hybridized carbons (Fsp3) is 0.412. The summed E-state index contributed by atoms with van der Waals surface area (Å²) in [5, 5.41) is 0.957. The molecule has 0 aromatic heterocycles. The molecule has 0 N–H and O–H groups in total. The van der Waals surface area contributed by atoms with Crippen LogP contribution in [0.2, 0.25) is 10.0 Å². The number of amides is 2. The zero-order valence-electron chi connectivity index (χ0n) is 24.0. The van der Waals surface area contributed by atoms with Gasteiger partial charge in [0, 0.05) is 38.3 Å². The summed E-state index contributed by atoms with van der Waals surface area (Å²) in [6.45, 7) is 5.85. The average molecular weight is 607 g/mol. The molecule has 3 aliphatic heterocycles. The maximum atomic E-state index is 13.0. The Labute approximate surface area is 258 Å². The zero-order valence-corrected chi connectivity index (χ0v) is 25.5. The van der Waals surface area contributed by atoms with Crippen LogP contribution >= 0.6 is 23.2 Å². The van der Waals surface area contributed by atoms with Crippen molar-refractivity contribution in [3.63, 3.8) is 0 Å². The molecular weight excluding hydrogens is 569 g/mol. The van der Waals surface area contributed by atoms with Gasteiger partial charge in [0.15, 0.2) is 0 Å². The van der Waals surface area contributed by atoms with E-state index < -0.39 is 5.60 Å². The van der Waals surface area contributed by atoms with Crippen molar-refractivity contribution < 1.29 is 14.3 Å². The molecule has 2 amide bonds. The largest absolute Gasteiger partial charge is 0.359 e. The third kappa shape index (κ3) is 5.58. The zero-order chi connectivity index (χ0) is 29.3. The second-order valence-electron chi connectivity index (χ2n) is 11.9. The highest BCUT2D eigenvalue weighted by atomic mass is 35.5. The number of ether oxygens (including phenoxy) is 1. The van der Waals surface area contributed by atoms with Gasteiger partial charge >= 0.3 is 0 Å². The number of carbonyl (C=O) groups is 2. The van der Waals surface area contributed by atoms with Crippen LogP contribution in [0.3, 0.4) is 0 Å². The molecule has 3 heterocycles. The number of benzene rings is 3. The van der Waals surface area contributed by atoms with Crippen LogP contribution in [-0.4, -0.2) is 60.9 Å². The molecule has 3 saturated heterocycles. The second-order valence-corrected chi connectivity index (χ2v) is 12.7. The van der Waals surface area contributed by atoms with Crippen LogP contribution < -0.4 is 4.90 Å². The molecule has 8 heteroatoms. The van der Waals surface area contributed by atoms with Crippen molar-refractivity contribution in [3.05, 3.63) is 99.5 Å². The van der Waals surface area contributed by atoms with Crippen molar-refractivity contribution in [2.24, 2.45) is 0 Å². The molecule has 0 aliphatic carbocycles. The first-order valence-electron chi connectivity index (χ1n) is 14.8. The number of hydrogen-bond donors (Lipinski definition) is 0. The van der Waals surface area contributed by atoms with Gasteiger partial charge < -0.3 is 19.4 Å². The van der Waals surface area contributed by atoms with Gasteiger partial charge in [0.2, 0.25) is 5.91 Å². The van der Waals surface area contributed by atoms with Crippen LogP contribution in [0, 0.1) is 6.92 Å². The Kier molecular flexibility index (Phi) is 8.34. The summed E-state index contributed by atoms with van der Waals surface area (Å²) in [6, 6.07) is 24.1. The van der Waals surface area contributed by atoms with E-state index in [0.29, 0.717) is 29.4 Å². The standard InChI is InChI=1S/C34H37Cl2N3O3/c1-25-7-5-8-26(21-25)33(39-17-6-11-31(39)40)14-18-37(19-15-33)20-16-34(27-12-13-29(35)30(36)22-27)24-38(32(41)23-42-34)28-9-3-2-4-10-28/h2-5,7-10,12-13,21-22H,6,11,14-20,23-24H2,1H3. The Bertz CT molecular complexity index is 1460. The summed E-state index contributed by atoms with van der Waals surface area (Å²) in [5.41, 5.74) is 3.22. The highest BCUT2D eigenvalue weighted by Gasteiger charge is 2.46. The minimum absolute atomic E-state index is 0.0112. The van der Waals surface area contributed by atoms with Gasteiger partial charge in [-0.3, -0.25) is 9.59 Å². The van der Waals surface area contributed by atoms with Crippen molar-refractivity contribution in [2.75, 3.05) is 44.2 Å². The smallest absolute Gasteiger partial charge is 0.253 e. The van der Waals surface area contributed by atoms with Crippen molar-refractivity contribution in [3.8, 4) is 0 Å². The highest BCUT2D eigenvalue weighted by Crippen LogP contribution is 2.43. The Morgan fingerprint density at radius 2 is 1.62 bits per heavy atom. The number of carbonyl (C=O) groups excluding carboxylic acids is 2. The average Bonchev–Trinajstić information content (AvgIpc) is 3.45. The first-order valence-corrected chi connectivity index (χ1v) is 15.6. The molecule has 3 aromatic carbocycles. The van der Waals surface area contributed by atoms with E-state index in [1.165, 1.54) is 11.1 Å². The number of hydrogen-bond acceptors (Lipinski definition) is 4. The predicted octanol–water partition coefficient (Wildman–Crippen LogP) is 6.56. The normalized spacial score (nSPS) is 23.0. The molecule has 0 radical (unpaired) electrons. The molecule has 0 bridgehead atoms. The summed E-state index contributed by atoms with van der Waals surface area (Å²) in [7, 11) is 0. The highest BCUT2D eigenvalue weighted by molar-refractivity contribution is 6.42. The number of morpholine rings is 1. The van der Waals surface area contributed by atoms with Gasteiger partial charge in [-0.2, -0.15) is 0 Å². The molecule has 3 aromatic rings. The molecule has 3 fully saturated rings. The third-order valence-corrected chi connectivity index (χ3v) is 10.1. The SMILES string of the molecule is Cc1cccc(C2(N3CCCC3=O)CCN(CCC3(c4ccc(Cl)c(Cl)c4)CN(c4ccccc4)C(=O)CO3)CC2)c1. The van der Waals surface area contributed by atoms with Crippen LogP contribution in [-0.2, 0) is 25.5 Å². The molecule has 6 rings (SSSR count). The fourth-order valence-electron chi connectivity index (χ4n) is 6.99. The van der Waals surface area contributed by atoms with Crippen LogP contribution in [0.5, 0.6) is 0 Å². The summed E-state index contributed by atoms with van der Waals surface area (Å²) in [6.07, 6.45) is 4.02. The summed E-state index contributed by atoms with van der Waals surface area (Å²) < 4.78 is 6.45. The lowest BCUT2D eigenvalue weighted by Crippen LogP contribution is -2.56. The van der Waals surface area contributed by atoms with Crippen molar-refractivity contribution in [1.82, 2.24) is 9.80 Å². The first-order chi connectivity index (χ1) is 20.3. The van der Waals surface area contributed by atoms with Crippen molar-refractivity contribution in [1.29, 1.82) is 0 Å². The van der Waals surface area contributed by atoms with Crippen molar-refractivity contribution >= 4 is 40.7 Å². The third-order valence-electron chi connectivity index (χ3n) is 9.36. The first kappa shape index (κ1) is 29.2. The molecule has 3 aliphatic rings. The number of para-hydroxylation sites is 1. The van der Waals surface area contributed by atoms with E-state index in [1.54, 1.807) is 6.07 Å². The molecule has 42 heavy (non-hydrogen) atoms. The number of rotatable bonds is 7. The predicted molar refractivity (Wildman–Crippen MR) is 167 cm³/mol. The number of anilines is 1. The minimum atomic E-state index is -0.742. The van der Waals surface area contributed by atoms with Crippen LogP contribution in [0.15, 0.2) is 72.8 Å². The van der Waals surface area contributed by atoms with Gasteiger partial charge in [-0.15, -0.1) is 0 Å². The number of aryl methyl sites for hydroxylation is 1. The lowest BCUT2D eigenvalue weighted by Gasteiger charge is -2.49. The van der Waals surface area contributed by atoms with Crippen molar-refractivity contribution in [2.45, 2.75) is 50.2 Å². The number of halogens is 2. The van der Waals surface area contributed by atoms with Gasteiger partial charge in [0.25, 0.3) is 5.91 Å². The maximum Gasteiger partial charge on any atom is 0.253 e. The monoisotopic (exact) mass is 605 g/mol. The molecule has 1 atom stereocenters. The number of likely N-dealkylation sites (tertiary alicyclic amines) is 2. The van der Waals surface area contributed by atoms with Gasteiger partial charge in [-0.25, -0.2) is 0 Å².